The van der Waals surface area contributed by atoms with Crippen LogP contribution in [0, 0.1) is 11.7 Å². The molecule has 2 unspecified atom stereocenters. The minimum Gasteiger partial charge on any atom is -0.379 e. The van der Waals surface area contributed by atoms with Crippen molar-refractivity contribution in [3.8, 4) is 0 Å². The Labute approximate surface area is 131 Å². The largest absolute Gasteiger partial charge is 0.379 e. The van der Waals surface area contributed by atoms with Gasteiger partial charge in [-0.25, -0.2) is 4.39 Å². The molecule has 0 aliphatic heterocycles. The molecule has 3 N–H and O–H groups in total. The van der Waals surface area contributed by atoms with E-state index in [2.05, 4.69) is 5.43 Å². The molecule has 0 spiro atoms. The summed E-state index contributed by atoms with van der Waals surface area (Å²) in [7, 11) is 1.71. The molecule has 1 saturated carbocycles. The Balaban J connectivity index is 2.11. The first-order valence-electron chi connectivity index (χ1n) is 7.58. The molecule has 1 aromatic rings. The smallest absolute Gasteiger partial charge is 0.126 e. The maximum absolute atomic E-state index is 13.9. The number of hydrogen-bond donors (Lipinski definition) is 2. The lowest BCUT2D eigenvalue weighted by Crippen LogP contribution is -2.50. The van der Waals surface area contributed by atoms with Gasteiger partial charge in [0.25, 0.3) is 0 Å². The van der Waals surface area contributed by atoms with E-state index in [1.807, 2.05) is 0 Å². The molecule has 0 amide bonds. The Bertz CT molecular complexity index is 452. The number of rotatable bonds is 6. The topological polar surface area (TPSA) is 47.3 Å². The molecule has 0 saturated heterocycles. The van der Waals surface area contributed by atoms with Crippen LogP contribution in [0.2, 0.25) is 5.02 Å². The lowest BCUT2D eigenvalue weighted by Gasteiger charge is -2.34. The van der Waals surface area contributed by atoms with Gasteiger partial charge in [0.1, 0.15) is 5.82 Å². The van der Waals surface area contributed by atoms with E-state index in [1.54, 1.807) is 19.2 Å². The van der Waals surface area contributed by atoms with Crippen LogP contribution < -0.4 is 11.3 Å². The molecule has 0 aromatic heterocycles. The molecule has 0 heterocycles. The van der Waals surface area contributed by atoms with Crippen molar-refractivity contribution in [2.75, 3.05) is 7.11 Å². The average Bonchev–Trinajstić information content (AvgIpc) is 2.51. The highest BCUT2D eigenvalue weighted by molar-refractivity contribution is 6.30. The van der Waals surface area contributed by atoms with Gasteiger partial charge >= 0.3 is 0 Å². The van der Waals surface area contributed by atoms with Crippen molar-refractivity contribution < 1.29 is 9.13 Å². The summed E-state index contributed by atoms with van der Waals surface area (Å²) in [6.07, 6.45) is 6.51. The Morgan fingerprint density at radius 1 is 1.38 bits per heavy atom. The lowest BCUT2D eigenvalue weighted by atomic mass is 9.81. The number of nitrogens with one attached hydrogen (secondary N) is 1. The molecule has 1 aromatic carbocycles. The standard InChI is InChI=1S/C16H24ClFN2O/c1-21-16(11-5-3-2-4-6-11)15(20-19)10-12-9-13(17)7-8-14(12)18/h7-9,11,15-16,20H,2-6,10,19H2,1H3. The molecule has 0 radical (unpaired) electrons. The molecule has 21 heavy (non-hydrogen) atoms. The summed E-state index contributed by atoms with van der Waals surface area (Å²) in [6.45, 7) is 0. The first kappa shape index (κ1) is 16.7. The maximum Gasteiger partial charge on any atom is 0.126 e. The van der Waals surface area contributed by atoms with Crippen LogP contribution in [0.4, 0.5) is 4.39 Å². The molecule has 5 heteroatoms. The van der Waals surface area contributed by atoms with E-state index in [1.165, 1.54) is 25.3 Å². The van der Waals surface area contributed by atoms with Crippen molar-refractivity contribution in [2.24, 2.45) is 11.8 Å². The second-order valence-electron chi connectivity index (χ2n) is 5.81. The summed E-state index contributed by atoms with van der Waals surface area (Å²) in [5.41, 5.74) is 3.38. The zero-order valence-electron chi connectivity index (χ0n) is 12.4. The van der Waals surface area contributed by atoms with E-state index >= 15 is 0 Å². The number of methoxy groups -OCH3 is 1. The number of ether oxygens (including phenoxy) is 1. The first-order chi connectivity index (χ1) is 10.2. The Morgan fingerprint density at radius 2 is 2.10 bits per heavy atom. The predicted molar refractivity (Wildman–Crippen MR) is 83.6 cm³/mol. The van der Waals surface area contributed by atoms with Gasteiger partial charge in [0, 0.05) is 12.1 Å². The quantitative estimate of drug-likeness (QED) is 0.624. The summed E-state index contributed by atoms with van der Waals surface area (Å²) < 4.78 is 19.6. The van der Waals surface area contributed by atoms with E-state index in [9.17, 15) is 4.39 Å². The van der Waals surface area contributed by atoms with Crippen molar-refractivity contribution in [3.05, 3.63) is 34.6 Å². The molecule has 2 atom stereocenters. The number of halogens is 2. The predicted octanol–water partition coefficient (Wildman–Crippen LogP) is 3.45. The maximum atomic E-state index is 13.9. The Hall–Kier alpha value is -0.680. The molecule has 118 valence electrons. The molecular formula is C16H24ClFN2O. The van der Waals surface area contributed by atoms with Crippen molar-refractivity contribution in [1.29, 1.82) is 0 Å². The summed E-state index contributed by atoms with van der Waals surface area (Å²) in [5.74, 6) is 5.93. The fraction of sp³-hybridized carbons (Fsp3) is 0.625. The van der Waals surface area contributed by atoms with E-state index in [0.717, 1.165) is 12.8 Å². The fourth-order valence-corrected chi connectivity index (χ4v) is 3.55. The van der Waals surface area contributed by atoms with Crippen LogP contribution >= 0.6 is 11.6 Å². The van der Waals surface area contributed by atoms with E-state index in [-0.39, 0.29) is 18.0 Å². The molecule has 2 rings (SSSR count). The van der Waals surface area contributed by atoms with Crippen LogP contribution in [0.5, 0.6) is 0 Å². The van der Waals surface area contributed by atoms with Crippen LogP contribution in [0.1, 0.15) is 37.7 Å². The monoisotopic (exact) mass is 314 g/mol. The van der Waals surface area contributed by atoms with Gasteiger partial charge in [-0.1, -0.05) is 30.9 Å². The van der Waals surface area contributed by atoms with Gasteiger partial charge < -0.3 is 4.74 Å². The van der Waals surface area contributed by atoms with Crippen LogP contribution in [0.25, 0.3) is 0 Å². The van der Waals surface area contributed by atoms with Gasteiger partial charge in [-0.3, -0.25) is 11.3 Å². The SMILES string of the molecule is COC(C1CCCCC1)C(Cc1cc(Cl)ccc1F)NN. The number of benzene rings is 1. The summed E-state index contributed by atoms with van der Waals surface area (Å²) in [6, 6.07) is 4.49. The van der Waals surface area contributed by atoms with Crippen LogP contribution in [-0.4, -0.2) is 19.3 Å². The molecule has 1 aliphatic carbocycles. The Kier molecular flexibility index (Phi) is 6.42. The Morgan fingerprint density at radius 3 is 2.71 bits per heavy atom. The van der Waals surface area contributed by atoms with Gasteiger partial charge in [0.2, 0.25) is 0 Å². The van der Waals surface area contributed by atoms with Gasteiger partial charge in [0.05, 0.1) is 12.1 Å². The molecule has 0 bridgehead atoms. The number of nitrogens with two attached hydrogens (primary N) is 1. The third kappa shape index (κ3) is 4.39. The molecular weight excluding hydrogens is 291 g/mol. The van der Waals surface area contributed by atoms with Crippen molar-refractivity contribution >= 4 is 11.6 Å². The number of hydrogen-bond acceptors (Lipinski definition) is 3. The minimum atomic E-state index is -0.252. The highest BCUT2D eigenvalue weighted by atomic mass is 35.5. The average molecular weight is 315 g/mol. The molecule has 1 fully saturated rings. The van der Waals surface area contributed by atoms with Crippen LogP contribution in [0.15, 0.2) is 18.2 Å². The molecule has 3 nitrogen and oxygen atoms in total. The van der Waals surface area contributed by atoms with E-state index < -0.39 is 0 Å². The second-order valence-corrected chi connectivity index (χ2v) is 6.25. The van der Waals surface area contributed by atoms with E-state index in [4.69, 9.17) is 22.2 Å². The first-order valence-corrected chi connectivity index (χ1v) is 7.96. The number of hydrazine groups is 1. The normalized spacial score (nSPS) is 19.4. The zero-order valence-corrected chi connectivity index (χ0v) is 13.2. The van der Waals surface area contributed by atoms with Gasteiger partial charge in [-0.15, -0.1) is 0 Å². The van der Waals surface area contributed by atoms with E-state index in [0.29, 0.717) is 22.9 Å². The third-order valence-electron chi connectivity index (χ3n) is 4.44. The van der Waals surface area contributed by atoms with Crippen molar-refractivity contribution in [1.82, 2.24) is 5.43 Å². The van der Waals surface area contributed by atoms with Gasteiger partial charge in [-0.2, -0.15) is 0 Å². The summed E-state index contributed by atoms with van der Waals surface area (Å²) in [4.78, 5) is 0. The summed E-state index contributed by atoms with van der Waals surface area (Å²) >= 11 is 5.96. The molecule has 1 aliphatic rings. The minimum absolute atomic E-state index is 0.00585. The van der Waals surface area contributed by atoms with Crippen molar-refractivity contribution in [3.63, 3.8) is 0 Å². The lowest BCUT2D eigenvalue weighted by molar-refractivity contribution is 0.00810. The zero-order chi connectivity index (χ0) is 15.2. The van der Waals surface area contributed by atoms with Crippen LogP contribution in [-0.2, 0) is 11.2 Å². The highest BCUT2D eigenvalue weighted by Crippen LogP contribution is 2.30. The van der Waals surface area contributed by atoms with Gasteiger partial charge in [0.15, 0.2) is 0 Å². The summed E-state index contributed by atoms with van der Waals surface area (Å²) in [5, 5.41) is 0.536. The fourth-order valence-electron chi connectivity index (χ4n) is 3.35. The van der Waals surface area contributed by atoms with Crippen molar-refractivity contribution in [2.45, 2.75) is 50.7 Å². The third-order valence-corrected chi connectivity index (χ3v) is 4.68. The van der Waals surface area contributed by atoms with Gasteiger partial charge in [-0.05, 0) is 48.9 Å². The van der Waals surface area contributed by atoms with Crippen LogP contribution in [0.3, 0.4) is 0 Å². The second kappa shape index (κ2) is 8.08. The highest BCUT2D eigenvalue weighted by Gasteiger charge is 2.30.